The highest BCUT2D eigenvalue weighted by Gasteiger charge is 2.07. The Hall–Kier alpha value is -2.15. The first kappa shape index (κ1) is 16.2. The van der Waals surface area contributed by atoms with Crippen molar-refractivity contribution in [1.29, 1.82) is 0 Å². The van der Waals surface area contributed by atoms with Gasteiger partial charge in [-0.1, -0.05) is 18.6 Å². The van der Waals surface area contributed by atoms with Gasteiger partial charge >= 0.3 is 12.0 Å². The number of rotatable bonds is 8. The molecule has 0 aliphatic heterocycles. The molecule has 2 amide bonds. The summed E-state index contributed by atoms with van der Waals surface area (Å²) in [4.78, 5) is 26.5. The van der Waals surface area contributed by atoms with Crippen LogP contribution in [0.3, 0.4) is 0 Å². The summed E-state index contributed by atoms with van der Waals surface area (Å²) in [5.41, 5.74) is 5.88. The molecule has 0 aliphatic carbocycles. The van der Waals surface area contributed by atoms with Crippen LogP contribution in [-0.4, -0.2) is 23.5 Å². The van der Waals surface area contributed by atoms with Crippen molar-refractivity contribution in [2.75, 3.05) is 6.54 Å². The number of carbonyl (C=O) groups is 2. The minimum Gasteiger partial charge on any atom is -0.458 e. The van der Waals surface area contributed by atoms with Gasteiger partial charge < -0.3 is 15.8 Å². The average molecular weight is 321 g/mol. The van der Waals surface area contributed by atoms with Gasteiger partial charge in [-0.15, -0.1) is 11.3 Å². The van der Waals surface area contributed by atoms with E-state index in [0.29, 0.717) is 13.0 Å². The highest BCUT2D eigenvalue weighted by molar-refractivity contribution is 7.18. The van der Waals surface area contributed by atoms with E-state index < -0.39 is 6.03 Å². The average Bonchev–Trinajstić information content (AvgIpc) is 2.91. The first-order valence-electron chi connectivity index (χ1n) is 7.18. The smallest absolute Gasteiger partial charge is 0.312 e. The van der Waals surface area contributed by atoms with E-state index in [1.807, 2.05) is 24.3 Å². The van der Waals surface area contributed by atoms with Crippen molar-refractivity contribution in [3.63, 3.8) is 0 Å². The number of nitrogens with two attached hydrogens (primary N) is 1. The van der Waals surface area contributed by atoms with Gasteiger partial charge in [0.1, 0.15) is 11.6 Å². The van der Waals surface area contributed by atoms with Crippen molar-refractivity contribution < 1.29 is 14.3 Å². The van der Waals surface area contributed by atoms with Gasteiger partial charge in [-0.3, -0.25) is 4.79 Å². The zero-order valence-corrected chi connectivity index (χ0v) is 13.0. The van der Waals surface area contributed by atoms with E-state index in [1.54, 1.807) is 0 Å². The number of ether oxygens (including phenoxy) is 1. The quantitative estimate of drug-likeness (QED) is 0.577. The van der Waals surface area contributed by atoms with Crippen LogP contribution in [0, 0.1) is 0 Å². The number of benzene rings is 1. The summed E-state index contributed by atoms with van der Waals surface area (Å²) in [6.07, 6.45) is 2.76. The van der Waals surface area contributed by atoms with Crippen LogP contribution in [0.15, 0.2) is 24.3 Å². The van der Waals surface area contributed by atoms with Crippen molar-refractivity contribution >= 4 is 33.6 Å². The number of esters is 1. The van der Waals surface area contributed by atoms with Gasteiger partial charge in [0.05, 0.1) is 10.2 Å². The molecule has 0 radical (unpaired) electrons. The molecular formula is C15H19N3O3S. The standard InChI is InChI=1S/C15H19N3O3S/c16-15(20)17-9-5-1-2-8-14(19)21-10-13-18-11-6-3-4-7-12(11)22-13/h3-4,6-7H,1-2,5,8-10H2,(H3,16,17,20). The molecule has 0 atom stereocenters. The Kier molecular flexibility index (Phi) is 6.14. The number of urea groups is 1. The number of primary amides is 1. The summed E-state index contributed by atoms with van der Waals surface area (Å²) in [7, 11) is 0. The van der Waals surface area contributed by atoms with Gasteiger partial charge in [0.25, 0.3) is 0 Å². The van der Waals surface area contributed by atoms with E-state index in [1.165, 1.54) is 11.3 Å². The van der Waals surface area contributed by atoms with E-state index in [9.17, 15) is 9.59 Å². The molecule has 0 saturated carbocycles. The molecule has 1 heterocycles. The number of unbranched alkanes of at least 4 members (excludes halogenated alkanes) is 2. The third-order valence-electron chi connectivity index (χ3n) is 3.05. The minimum atomic E-state index is -0.518. The van der Waals surface area contributed by atoms with Gasteiger partial charge in [-0.25, -0.2) is 9.78 Å². The van der Waals surface area contributed by atoms with Crippen molar-refractivity contribution in [1.82, 2.24) is 10.3 Å². The molecule has 3 N–H and O–H groups in total. The highest BCUT2D eigenvalue weighted by atomic mass is 32.1. The Morgan fingerprint density at radius 3 is 2.82 bits per heavy atom. The zero-order valence-electron chi connectivity index (χ0n) is 12.2. The lowest BCUT2D eigenvalue weighted by Crippen LogP contribution is -2.29. The maximum absolute atomic E-state index is 11.6. The fraction of sp³-hybridized carbons (Fsp3) is 0.400. The van der Waals surface area contributed by atoms with Gasteiger partial charge in [0.2, 0.25) is 0 Å². The molecule has 0 fully saturated rings. The number of carbonyl (C=O) groups excluding carboxylic acids is 2. The Balaban J connectivity index is 1.62. The van der Waals surface area contributed by atoms with Gasteiger partial charge in [0, 0.05) is 13.0 Å². The van der Waals surface area contributed by atoms with Crippen LogP contribution in [-0.2, 0) is 16.1 Å². The largest absolute Gasteiger partial charge is 0.458 e. The number of nitrogens with one attached hydrogen (secondary N) is 1. The van der Waals surface area contributed by atoms with Crippen LogP contribution < -0.4 is 11.1 Å². The van der Waals surface area contributed by atoms with Gasteiger partial charge in [-0.05, 0) is 25.0 Å². The van der Waals surface area contributed by atoms with E-state index in [4.69, 9.17) is 10.5 Å². The molecule has 22 heavy (non-hydrogen) atoms. The summed E-state index contributed by atoms with van der Waals surface area (Å²) in [6, 6.07) is 7.32. The zero-order chi connectivity index (χ0) is 15.8. The molecule has 0 saturated heterocycles. The van der Waals surface area contributed by atoms with Crippen LogP contribution in [0.2, 0.25) is 0 Å². The monoisotopic (exact) mass is 321 g/mol. The number of fused-ring (bicyclic) bond motifs is 1. The summed E-state index contributed by atoms with van der Waals surface area (Å²) in [5, 5.41) is 3.31. The van der Waals surface area contributed by atoms with Crippen molar-refractivity contribution in [2.24, 2.45) is 5.73 Å². The molecule has 7 heteroatoms. The SMILES string of the molecule is NC(=O)NCCCCCC(=O)OCc1nc2ccccc2s1. The van der Waals surface area contributed by atoms with Crippen molar-refractivity contribution in [2.45, 2.75) is 32.3 Å². The lowest BCUT2D eigenvalue weighted by molar-refractivity contribution is -0.145. The second-order valence-electron chi connectivity index (χ2n) is 4.84. The predicted molar refractivity (Wildman–Crippen MR) is 85.5 cm³/mol. The predicted octanol–water partition coefficient (Wildman–Crippen LogP) is 2.57. The third kappa shape index (κ3) is 5.33. The number of para-hydroxylation sites is 1. The van der Waals surface area contributed by atoms with E-state index >= 15 is 0 Å². The molecule has 0 unspecified atom stereocenters. The molecule has 2 aromatic rings. The van der Waals surface area contributed by atoms with Gasteiger partial charge in [-0.2, -0.15) is 0 Å². The van der Waals surface area contributed by atoms with Crippen LogP contribution in [0.5, 0.6) is 0 Å². The maximum Gasteiger partial charge on any atom is 0.312 e. The number of nitrogens with zero attached hydrogens (tertiary/aromatic N) is 1. The van der Waals surface area contributed by atoms with E-state index in [-0.39, 0.29) is 12.6 Å². The second-order valence-corrected chi connectivity index (χ2v) is 5.95. The topological polar surface area (TPSA) is 94.3 Å². The van der Waals surface area contributed by atoms with Gasteiger partial charge in [0.15, 0.2) is 0 Å². The molecule has 6 nitrogen and oxygen atoms in total. The Morgan fingerprint density at radius 1 is 1.23 bits per heavy atom. The fourth-order valence-corrected chi connectivity index (χ4v) is 2.86. The number of amides is 2. The number of thiazole rings is 1. The first-order chi connectivity index (χ1) is 10.6. The number of hydrogen-bond donors (Lipinski definition) is 2. The maximum atomic E-state index is 11.6. The normalized spacial score (nSPS) is 10.5. The molecule has 0 aliphatic rings. The third-order valence-corrected chi connectivity index (χ3v) is 4.06. The Labute approximate surface area is 132 Å². The number of hydrogen-bond acceptors (Lipinski definition) is 5. The van der Waals surface area contributed by atoms with E-state index in [0.717, 1.165) is 34.5 Å². The number of aromatic nitrogens is 1. The van der Waals surface area contributed by atoms with Crippen molar-refractivity contribution in [3.05, 3.63) is 29.3 Å². The molecule has 0 bridgehead atoms. The molecule has 118 valence electrons. The van der Waals surface area contributed by atoms with Crippen LogP contribution in [0.25, 0.3) is 10.2 Å². The molecular weight excluding hydrogens is 302 g/mol. The molecule has 1 aromatic carbocycles. The summed E-state index contributed by atoms with van der Waals surface area (Å²) >= 11 is 1.54. The second kappa shape index (κ2) is 8.33. The highest BCUT2D eigenvalue weighted by Crippen LogP contribution is 2.22. The van der Waals surface area contributed by atoms with E-state index in [2.05, 4.69) is 10.3 Å². The molecule has 1 aromatic heterocycles. The van der Waals surface area contributed by atoms with Crippen LogP contribution in [0.4, 0.5) is 4.79 Å². The van der Waals surface area contributed by atoms with Crippen LogP contribution >= 0.6 is 11.3 Å². The molecule has 2 rings (SSSR count). The fourth-order valence-electron chi connectivity index (χ4n) is 1.98. The lowest BCUT2D eigenvalue weighted by Gasteiger charge is -2.03. The Bertz CT molecular complexity index is 609. The summed E-state index contributed by atoms with van der Waals surface area (Å²) in [5.74, 6) is -0.220. The molecule has 0 spiro atoms. The van der Waals surface area contributed by atoms with Crippen LogP contribution in [0.1, 0.15) is 30.7 Å². The minimum absolute atomic E-state index is 0.220. The summed E-state index contributed by atoms with van der Waals surface area (Å²) in [6.45, 7) is 0.761. The lowest BCUT2D eigenvalue weighted by atomic mass is 10.2. The van der Waals surface area contributed by atoms with Crippen molar-refractivity contribution in [3.8, 4) is 0 Å². The summed E-state index contributed by atoms with van der Waals surface area (Å²) < 4.78 is 6.31. The first-order valence-corrected chi connectivity index (χ1v) is 8.00. The Morgan fingerprint density at radius 2 is 2.05 bits per heavy atom.